The molecule has 0 atom stereocenters. The van der Waals surface area contributed by atoms with E-state index >= 15 is 0 Å². The molecule has 0 bridgehead atoms. The van der Waals surface area contributed by atoms with Crippen molar-refractivity contribution in [2.75, 3.05) is 14.1 Å². The first-order chi connectivity index (χ1) is 4.09. The Morgan fingerprint density at radius 1 is 1.56 bits per heavy atom. The van der Waals surface area contributed by atoms with Crippen molar-refractivity contribution < 1.29 is 4.79 Å². The summed E-state index contributed by atoms with van der Waals surface area (Å²) in [5, 5.41) is 0. The molecule has 0 rings (SSSR count). The van der Waals surface area contributed by atoms with Crippen LogP contribution in [0.5, 0.6) is 0 Å². The fourth-order valence-corrected chi connectivity index (χ4v) is 0.621. The van der Waals surface area contributed by atoms with Gasteiger partial charge in [0.1, 0.15) is 0 Å². The third kappa shape index (κ3) is 2.17. The largest absolute Gasteiger partial charge is 0.374 e. The topological polar surface area (TPSA) is 46.3 Å². The molecule has 3 heteroatoms. The van der Waals surface area contributed by atoms with Crippen LogP contribution in [0.25, 0.3) is 0 Å². The average Bonchev–Trinajstić information content (AvgIpc) is 1.64. The van der Waals surface area contributed by atoms with Crippen LogP contribution in [0.4, 0.5) is 0 Å². The van der Waals surface area contributed by atoms with Crippen molar-refractivity contribution in [1.82, 2.24) is 4.90 Å². The van der Waals surface area contributed by atoms with Gasteiger partial charge in [0.15, 0.2) is 0 Å². The van der Waals surface area contributed by atoms with Gasteiger partial charge < -0.3 is 10.6 Å². The third-order valence-corrected chi connectivity index (χ3v) is 1.01. The number of primary amides is 1. The highest BCUT2D eigenvalue weighted by Gasteiger charge is 2.02. The Hall–Kier alpha value is -0.990. The van der Waals surface area contributed by atoms with E-state index in [1.54, 1.807) is 32.0 Å². The van der Waals surface area contributed by atoms with Crippen molar-refractivity contribution >= 4 is 5.91 Å². The number of likely N-dealkylation sites (N-methyl/N-ethyl adjacent to an activating group) is 1. The maximum absolute atomic E-state index is 10.5. The van der Waals surface area contributed by atoms with Crippen LogP contribution < -0.4 is 5.73 Å². The number of carbonyl (C=O) groups excluding carboxylic acids is 1. The van der Waals surface area contributed by atoms with Crippen molar-refractivity contribution in [3.63, 3.8) is 0 Å². The zero-order valence-electron chi connectivity index (χ0n) is 6.01. The summed E-state index contributed by atoms with van der Waals surface area (Å²) in [6.45, 7) is 1.78. The average molecular weight is 128 g/mol. The van der Waals surface area contributed by atoms with Gasteiger partial charge in [-0.05, 0) is 6.92 Å². The van der Waals surface area contributed by atoms with Gasteiger partial charge in [-0.3, -0.25) is 4.79 Å². The van der Waals surface area contributed by atoms with Crippen molar-refractivity contribution in [2.45, 2.75) is 6.92 Å². The Morgan fingerprint density at radius 2 is 2.00 bits per heavy atom. The third-order valence-electron chi connectivity index (χ3n) is 1.01. The molecule has 0 saturated carbocycles. The summed E-state index contributed by atoms with van der Waals surface area (Å²) in [7, 11) is 3.56. The van der Waals surface area contributed by atoms with Gasteiger partial charge >= 0.3 is 0 Å². The SMILES string of the molecule is C/C=C(/C(N)=O)N(C)C. The van der Waals surface area contributed by atoms with Crippen LogP contribution in [0, 0.1) is 0 Å². The molecule has 52 valence electrons. The molecule has 0 aliphatic rings. The van der Waals surface area contributed by atoms with E-state index in [2.05, 4.69) is 0 Å². The van der Waals surface area contributed by atoms with Gasteiger partial charge in [0, 0.05) is 14.1 Å². The summed E-state index contributed by atoms with van der Waals surface area (Å²) in [6.07, 6.45) is 1.68. The van der Waals surface area contributed by atoms with Crippen molar-refractivity contribution in [2.24, 2.45) is 5.73 Å². The van der Waals surface area contributed by atoms with E-state index in [1.807, 2.05) is 0 Å². The highest BCUT2D eigenvalue weighted by molar-refractivity contribution is 5.91. The van der Waals surface area contributed by atoms with Crippen LogP contribution in [0.15, 0.2) is 11.8 Å². The normalized spacial score (nSPS) is 11.2. The van der Waals surface area contributed by atoms with E-state index in [0.29, 0.717) is 5.70 Å². The lowest BCUT2D eigenvalue weighted by Crippen LogP contribution is -2.24. The van der Waals surface area contributed by atoms with Gasteiger partial charge in [-0.2, -0.15) is 0 Å². The minimum atomic E-state index is -0.387. The number of amides is 1. The first kappa shape index (κ1) is 8.01. The predicted octanol–water partition coefficient (Wildman–Crippen LogP) is -0.0629. The molecule has 1 amide bonds. The Morgan fingerprint density at radius 3 is 2.00 bits per heavy atom. The van der Waals surface area contributed by atoms with Crippen LogP contribution in [0.2, 0.25) is 0 Å². The zero-order chi connectivity index (χ0) is 7.44. The number of hydrogen-bond donors (Lipinski definition) is 1. The number of carbonyl (C=O) groups is 1. The van der Waals surface area contributed by atoms with E-state index in [0.717, 1.165) is 0 Å². The van der Waals surface area contributed by atoms with Crippen LogP contribution in [-0.2, 0) is 4.79 Å². The fraction of sp³-hybridized carbons (Fsp3) is 0.500. The predicted molar refractivity (Wildman–Crippen MR) is 36.6 cm³/mol. The molecule has 0 aliphatic heterocycles. The zero-order valence-corrected chi connectivity index (χ0v) is 6.01. The molecule has 0 aromatic carbocycles. The Balaban J connectivity index is 4.19. The molecule has 2 N–H and O–H groups in total. The summed E-state index contributed by atoms with van der Waals surface area (Å²) in [6, 6.07) is 0. The van der Waals surface area contributed by atoms with Gasteiger partial charge in [-0.15, -0.1) is 0 Å². The monoisotopic (exact) mass is 128 g/mol. The van der Waals surface area contributed by atoms with E-state index in [9.17, 15) is 4.79 Å². The Kier molecular flexibility index (Phi) is 2.78. The molecular formula is C6H12N2O. The summed E-state index contributed by atoms with van der Waals surface area (Å²) >= 11 is 0. The van der Waals surface area contributed by atoms with Gasteiger partial charge in [-0.1, -0.05) is 6.08 Å². The lowest BCUT2D eigenvalue weighted by Gasteiger charge is -2.12. The van der Waals surface area contributed by atoms with Gasteiger partial charge in [0.05, 0.1) is 5.70 Å². The van der Waals surface area contributed by atoms with Crippen molar-refractivity contribution in [3.05, 3.63) is 11.8 Å². The number of allylic oxidation sites excluding steroid dienone is 1. The number of nitrogens with zero attached hydrogens (tertiary/aromatic N) is 1. The molecule has 9 heavy (non-hydrogen) atoms. The number of hydrogen-bond acceptors (Lipinski definition) is 2. The molecule has 0 aliphatic carbocycles. The molecule has 0 fully saturated rings. The Bertz CT molecular complexity index is 138. The second-order valence-electron chi connectivity index (χ2n) is 1.93. The fourth-order valence-electron chi connectivity index (χ4n) is 0.621. The van der Waals surface area contributed by atoms with Gasteiger partial charge in [-0.25, -0.2) is 0 Å². The van der Waals surface area contributed by atoms with Crippen molar-refractivity contribution in [3.8, 4) is 0 Å². The maximum atomic E-state index is 10.5. The second-order valence-corrected chi connectivity index (χ2v) is 1.93. The van der Waals surface area contributed by atoms with E-state index in [-0.39, 0.29) is 5.91 Å². The first-order valence-electron chi connectivity index (χ1n) is 2.73. The molecule has 0 saturated heterocycles. The van der Waals surface area contributed by atoms with Gasteiger partial charge in [0.2, 0.25) is 0 Å². The van der Waals surface area contributed by atoms with Crippen molar-refractivity contribution in [1.29, 1.82) is 0 Å². The molecule has 0 aromatic rings. The van der Waals surface area contributed by atoms with Crippen LogP contribution in [0.1, 0.15) is 6.92 Å². The van der Waals surface area contributed by atoms with E-state index < -0.39 is 0 Å². The minimum absolute atomic E-state index is 0.387. The second kappa shape index (κ2) is 3.12. The lowest BCUT2D eigenvalue weighted by molar-refractivity contribution is -0.115. The molecule has 3 nitrogen and oxygen atoms in total. The van der Waals surface area contributed by atoms with Gasteiger partial charge in [0.25, 0.3) is 5.91 Å². The summed E-state index contributed by atoms with van der Waals surface area (Å²) in [5.74, 6) is -0.387. The van der Waals surface area contributed by atoms with Crippen LogP contribution >= 0.6 is 0 Å². The molecule has 0 spiro atoms. The molecule has 0 aromatic heterocycles. The molecule has 0 heterocycles. The summed E-state index contributed by atoms with van der Waals surface area (Å²) in [5.41, 5.74) is 5.54. The maximum Gasteiger partial charge on any atom is 0.264 e. The van der Waals surface area contributed by atoms with E-state index in [4.69, 9.17) is 5.73 Å². The molecular weight excluding hydrogens is 116 g/mol. The highest BCUT2D eigenvalue weighted by Crippen LogP contribution is 1.94. The van der Waals surface area contributed by atoms with Crippen LogP contribution in [0.3, 0.4) is 0 Å². The minimum Gasteiger partial charge on any atom is -0.374 e. The number of rotatable bonds is 2. The molecule has 0 unspecified atom stereocenters. The quantitative estimate of drug-likeness (QED) is 0.529. The summed E-state index contributed by atoms with van der Waals surface area (Å²) < 4.78 is 0. The first-order valence-corrected chi connectivity index (χ1v) is 2.73. The Labute approximate surface area is 55.1 Å². The van der Waals surface area contributed by atoms with E-state index in [1.165, 1.54) is 0 Å². The molecule has 0 radical (unpaired) electrons. The smallest absolute Gasteiger partial charge is 0.264 e. The van der Waals surface area contributed by atoms with Crippen LogP contribution in [-0.4, -0.2) is 24.9 Å². The number of nitrogens with two attached hydrogens (primary N) is 1. The lowest BCUT2D eigenvalue weighted by atomic mass is 10.4. The summed E-state index contributed by atoms with van der Waals surface area (Å²) in [4.78, 5) is 12.2. The standard InChI is InChI=1S/C6H12N2O/c1-4-5(6(7)9)8(2)3/h4H,1-3H3,(H2,7,9)/b5-4-. The highest BCUT2D eigenvalue weighted by atomic mass is 16.1.